The minimum absolute atomic E-state index is 0.0260. The number of amides is 2. The molecule has 3 aromatic rings. The maximum Gasteiger partial charge on any atom is 0.243 e. The van der Waals surface area contributed by atoms with Crippen LogP contribution in [0.3, 0.4) is 0 Å². The molecule has 1 N–H and O–H groups in total. The van der Waals surface area contributed by atoms with Crippen LogP contribution in [0.4, 0.5) is 4.39 Å². The van der Waals surface area contributed by atoms with Crippen molar-refractivity contribution >= 4 is 11.8 Å². The molecule has 1 saturated heterocycles. The number of benzene rings is 2. The number of aromatic nitrogens is 1. The van der Waals surface area contributed by atoms with E-state index < -0.39 is 18.3 Å². The van der Waals surface area contributed by atoms with Gasteiger partial charge in [-0.1, -0.05) is 68.4 Å². The topological polar surface area (TPSA) is 75.4 Å². The lowest BCUT2D eigenvalue weighted by atomic mass is 9.95. The molecule has 0 spiro atoms. The molecule has 0 radical (unpaired) electrons. The number of likely N-dealkylation sites (tertiary alicyclic amines) is 1. The summed E-state index contributed by atoms with van der Waals surface area (Å²) in [7, 11) is 0. The standard InChI is InChI=1S/C26H28FN3O3/c1-17(2)18-8-10-20(11-9-18)25(19-6-4-3-5-7-19)29-26(32)23-12-21(27)15-30(23)24(31)13-22-14-28-16-33-22/h3-11,14,16-17,21,23,25H,12-13,15H2,1-2H3,(H,29,32)/t21-,23+,25+/m1/s1. The molecule has 6 nitrogen and oxygen atoms in total. The summed E-state index contributed by atoms with van der Waals surface area (Å²) < 4.78 is 19.5. The van der Waals surface area contributed by atoms with Crippen molar-refractivity contribution in [3.05, 3.63) is 89.6 Å². The van der Waals surface area contributed by atoms with Gasteiger partial charge < -0.3 is 14.6 Å². The maximum atomic E-state index is 14.3. The first-order valence-corrected chi connectivity index (χ1v) is 11.2. The second-order valence-electron chi connectivity index (χ2n) is 8.71. The molecule has 7 heteroatoms. The number of nitrogens with one attached hydrogen (secondary N) is 1. The van der Waals surface area contributed by atoms with E-state index >= 15 is 0 Å². The predicted molar refractivity (Wildman–Crippen MR) is 122 cm³/mol. The van der Waals surface area contributed by atoms with Gasteiger partial charge in [-0.25, -0.2) is 9.37 Å². The van der Waals surface area contributed by atoms with Crippen molar-refractivity contribution in [2.75, 3.05) is 6.54 Å². The number of nitrogens with zero attached hydrogens (tertiary/aromatic N) is 2. The Hall–Kier alpha value is -3.48. The zero-order valence-electron chi connectivity index (χ0n) is 18.8. The zero-order valence-corrected chi connectivity index (χ0v) is 18.8. The van der Waals surface area contributed by atoms with Crippen molar-refractivity contribution in [2.24, 2.45) is 0 Å². The molecule has 172 valence electrons. The van der Waals surface area contributed by atoms with Crippen LogP contribution in [0.25, 0.3) is 0 Å². The monoisotopic (exact) mass is 449 g/mol. The Bertz CT molecular complexity index is 1070. The quantitative estimate of drug-likeness (QED) is 0.587. The third kappa shape index (κ3) is 5.30. The van der Waals surface area contributed by atoms with Crippen LogP contribution in [-0.4, -0.2) is 40.5 Å². The van der Waals surface area contributed by atoms with Gasteiger partial charge >= 0.3 is 0 Å². The fourth-order valence-corrected chi connectivity index (χ4v) is 4.21. The highest BCUT2D eigenvalue weighted by Gasteiger charge is 2.40. The molecule has 0 bridgehead atoms. The lowest BCUT2D eigenvalue weighted by Gasteiger charge is -2.27. The van der Waals surface area contributed by atoms with Crippen LogP contribution in [0.15, 0.2) is 71.6 Å². The Labute approximate surface area is 192 Å². The lowest BCUT2D eigenvalue weighted by molar-refractivity contribution is -0.138. The Morgan fingerprint density at radius 2 is 1.76 bits per heavy atom. The summed E-state index contributed by atoms with van der Waals surface area (Å²) in [6, 6.07) is 16.5. The van der Waals surface area contributed by atoms with E-state index in [2.05, 4.69) is 36.3 Å². The molecule has 1 aromatic heterocycles. The molecule has 2 heterocycles. The SMILES string of the molecule is CC(C)c1ccc([C@@H](NC(=O)[C@@H]2C[C@@H](F)CN2C(=O)Cc2cnco2)c2ccccc2)cc1. The summed E-state index contributed by atoms with van der Waals surface area (Å²) in [6.45, 7) is 4.15. The van der Waals surface area contributed by atoms with E-state index in [1.54, 1.807) is 0 Å². The molecule has 3 atom stereocenters. The summed E-state index contributed by atoms with van der Waals surface area (Å²) in [5.41, 5.74) is 3.04. The third-order valence-corrected chi connectivity index (χ3v) is 6.04. The highest BCUT2D eigenvalue weighted by atomic mass is 19.1. The first-order chi connectivity index (χ1) is 15.9. The van der Waals surface area contributed by atoms with Crippen molar-refractivity contribution in [3.63, 3.8) is 0 Å². The highest BCUT2D eigenvalue weighted by Crippen LogP contribution is 2.27. The third-order valence-electron chi connectivity index (χ3n) is 6.04. The Kier molecular flexibility index (Phi) is 6.87. The first-order valence-electron chi connectivity index (χ1n) is 11.2. The van der Waals surface area contributed by atoms with E-state index in [9.17, 15) is 14.0 Å². The molecule has 33 heavy (non-hydrogen) atoms. The van der Waals surface area contributed by atoms with Crippen molar-refractivity contribution in [2.45, 2.75) is 50.9 Å². The van der Waals surface area contributed by atoms with Gasteiger partial charge in [-0.05, 0) is 22.6 Å². The minimum Gasteiger partial charge on any atom is -0.448 e. The van der Waals surface area contributed by atoms with Crippen LogP contribution in [0.2, 0.25) is 0 Å². The van der Waals surface area contributed by atoms with E-state index in [0.717, 1.165) is 11.1 Å². The van der Waals surface area contributed by atoms with Crippen LogP contribution in [0.5, 0.6) is 0 Å². The Morgan fingerprint density at radius 1 is 1.09 bits per heavy atom. The Balaban J connectivity index is 1.56. The van der Waals surface area contributed by atoms with Crippen LogP contribution >= 0.6 is 0 Å². The number of halogens is 1. The van der Waals surface area contributed by atoms with Crippen molar-refractivity contribution in [3.8, 4) is 0 Å². The largest absolute Gasteiger partial charge is 0.448 e. The molecule has 2 aromatic carbocycles. The van der Waals surface area contributed by atoms with Gasteiger partial charge in [0.1, 0.15) is 18.0 Å². The van der Waals surface area contributed by atoms with Gasteiger partial charge in [-0.2, -0.15) is 0 Å². The molecular weight excluding hydrogens is 421 g/mol. The van der Waals surface area contributed by atoms with Crippen LogP contribution in [-0.2, 0) is 16.0 Å². The van der Waals surface area contributed by atoms with Gasteiger partial charge in [0.25, 0.3) is 0 Å². The summed E-state index contributed by atoms with van der Waals surface area (Å²) in [6.07, 6.45) is 1.35. The van der Waals surface area contributed by atoms with E-state index in [1.165, 1.54) is 23.1 Å². The number of carbonyl (C=O) groups excluding carboxylic acids is 2. The van der Waals surface area contributed by atoms with Crippen molar-refractivity contribution in [1.29, 1.82) is 0 Å². The molecular formula is C26H28FN3O3. The predicted octanol–water partition coefficient (Wildman–Crippen LogP) is 4.19. The number of hydrogen-bond donors (Lipinski definition) is 1. The summed E-state index contributed by atoms with van der Waals surface area (Å²) in [5.74, 6) is 0.0500. The minimum atomic E-state index is -1.25. The summed E-state index contributed by atoms with van der Waals surface area (Å²) in [4.78, 5) is 31.2. The van der Waals surface area contributed by atoms with E-state index in [0.29, 0.717) is 11.7 Å². The summed E-state index contributed by atoms with van der Waals surface area (Å²) >= 11 is 0. The van der Waals surface area contributed by atoms with Gasteiger partial charge in [0.2, 0.25) is 11.8 Å². The molecule has 2 amide bonds. The summed E-state index contributed by atoms with van der Waals surface area (Å²) in [5, 5.41) is 3.07. The fourth-order valence-electron chi connectivity index (χ4n) is 4.21. The van der Waals surface area contributed by atoms with E-state index in [-0.39, 0.29) is 31.2 Å². The lowest BCUT2D eigenvalue weighted by Crippen LogP contribution is -2.47. The normalized spacial score (nSPS) is 19.0. The molecule has 0 aliphatic carbocycles. The molecule has 1 aliphatic rings. The number of oxazole rings is 1. The zero-order chi connectivity index (χ0) is 23.4. The number of hydrogen-bond acceptors (Lipinski definition) is 4. The number of carbonyl (C=O) groups is 2. The smallest absolute Gasteiger partial charge is 0.243 e. The van der Waals surface area contributed by atoms with Gasteiger partial charge in [-0.3, -0.25) is 9.59 Å². The molecule has 1 fully saturated rings. The van der Waals surface area contributed by atoms with Crippen LogP contribution in [0.1, 0.15) is 54.7 Å². The van der Waals surface area contributed by atoms with Crippen LogP contribution in [0, 0.1) is 0 Å². The average molecular weight is 450 g/mol. The fraction of sp³-hybridized carbons (Fsp3) is 0.346. The number of alkyl halides is 1. The molecule has 0 unspecified atom stereocenters. The van der Waals surface area contributed by atoms with Gasteiger partial charge in [0.15, 0.2) is 6.39 Å². The Morgan fingerprint density at radius 3 is 2.39 bits per heavy atom. The van der Waals surface area contributed by atoms with Crippen molar-refractivity contribution in [1.82, 2.24) is 15.2 Å². The first kappa shape index (κ1) is 22.7. The second-order valence-corrected chi connectivity index (χ2v) is 8.71. The average Bonchev–Trinajstić information content (AvgIpc) is 3.47. The number of rotatable bonds is 7. The van der Waals surface area contributed by atoms with E-state index in [1.807, 2.05) is 42.5 Å². The maximum absolute atomic E-state index is 14.3. The van der Waals surface area contributed by atoms with Crippen LogP contribution < -0.4 is 5.32 Å². The van der Waals surface area contributed by atoms with E-state index in [4.69, 9.17) is 4.42 Å². The van der Waals surface area contributed by atoms with Crippen molar-refractivity contribution < 1.29 is 18.4 Å². The molecule has 0 saturated carbocycles. The molecule has 4 rings (SSSR count). The van der Waals surface area contributed by atoms with Gasteiger partial charge in [-0.15, -0.1) is 0 Å². The van der Waals surface area contributed by atoms with Gasteiger partial charge in [0.05, 0.1) is 25.2 Å². The molecule has 1 aliphatic heterocycles. The van der Waals surface area contributed by atoms with Gasteiger partial charge in [0, 0.05) is 6.42 Å². The second kappa shape index (κ2) is 9.98. The highest BCUT2D eigenvalue weighted by molar-refractivity contribution is 5.89.